The van der Waals surface area contributed by atoms with Gasteiger partial charge in [0.05, 0.1) is 7.11 Å². The van der Waals surface area contributed by atoms with E-state index in [0.717, 1.165) is 6.42 Å². The fraction of sp³-hybridized carbons (Fsp3) is 0.591. The molecule has 0 bridgehead atoms. The lowest BCUT2D eigenvalue weighted by atomic mass is 9.91. The van der Waals surface area contributed by atoms with Crippen LogP contribution in [-0.4, -0.2) is 55.4 Å². The largest absolute Gasteiger partial charge is 0.497 e. The number of methoxy groups -OCH3 is 1. The molecule has 1 saturated heterocycles. The maximum atomic E-state index is 12.5. The molecule has 29 heavy (non-hydrogen) atoms. The molecule has 1 heterocycles. The van der Waals surface area contributed by atoms with Gasteiger partial charge in [-0.15, -0.1) is 0 Å². The molecule has 1 atom stereocenters. The van der Waals surface area contributed by atoms with Crippen LogP contribution in [0, 0.1) is 5.41 Å². The van der Waals surface area contributed by atoms with Gasteiger partial charge in [-0.1, -0.05) is 20.8 Å². The van der Waals surface area contributed by atoms with E-state index < -0.39 is 0 Å². The molecule has 1 aliphatic heterocycles. The Bertz CT molecular complexity index is 710. The first-order chi connectivity index (χ1) is 13.7. The van der Waals surface area contributed by atoms with Gasteiger partial charge in [0.1, 0.15) is 11.8 Å². The highest BCUT2D eigenvalue weighted by molar-refractivity contribution is 5.94. The van der Waals surface area contributed by atoms with Crippen molar-refractivity contribution in [3.8, 4) is 5.75 Å². The van der Waals surface area contributed by atoms with Gasteiger partial charge in [0, 0.05) is 31.6 Å². The van der Waals surface area contributed by atoms with E-state index in [1.54, 1.807) is 36.3 Å². The normalized spacial score (nSPS) is 16.4. The van der Waals surface area contributed by atoms with Crippen LogP contribution in [0.4, 0.5) is 0 Å². The lowest BCUT2D eigenvalue weighted by Crippen LogP contribution is -2.47. The van der Waals surface area contributed by atoms with Crippen molar-refractivity contribution in [2.75, 3.05) is 26.7 Å². The number of amides is 3. The number of benzene rings is 1. The van der Waals surface area contributed by atoms with Crippen molar-refractivity contribution in [3.63, 3.8) is 0 Å². The molecule has 2 N–H and O–H groups in total. The maximum Gasteiger partial charge on any atom is 0.251 e. The zero-order valence-electron chi connectivity index (χ0n) is 17.9. The molecule has 0 aliphatic carbocycles. The second kappa shape index (κ2) is 10.3. The Morgan fingerprint density at radius 3 is 2.38 bits per heavy atom. The highest BCUT2D eigenvalue weighted by Gasteiger charge is 2.35. The highest BCUT2D eigenvalue weighted by atomic mass is 16.5. The molecule has 0 saturated carbocycles. The summed E-state index contributed by atoms with van der Waals surface area (Å²) in [5.74, 6) is 0.480. The number of nitrogens with one attached hydrogen (secondary N) is 2. The van der Waals surface area contributed by atoms with Crippen LogP contribution in [0.25, 0.3) is 0 Å². The fourth-order valence-electron chi connectivity index (χ4n) is 3.36. The number of nitrogens with zero attached hydrogens (tertiary/aromatic N) is 1. The van der Waals surface area contributed by atoms with Gasteiger partial charge in [0.15, 0.2) is 0 Å². The van der Waals surface area contributed by atoms with E-state index in [2.05, 4.69) is 10.6 Å². The van der Waals surface area contributed by atoms with Gasteiger partial charge in [-0.25, -0.2) is 0 Å². The molecule has 0 unspecified atom stereocenters. The molecule has 2 rings (SSSR count). The molecule has 1 aliphatic rings. The molecule has 1 aromatic carbocycles. The standard InChI is InChI=1S/C22H33N3O4/c1-22(2,3)15-19(26)25-14-5-7-18(25)21(28)24-13-6-12-23-20(27)16-8-10-17(29-4)11-9-16/h8-11,18H,5-7,12-15H2,1-4H3,(H,23,27)(H,24,28)/t18-/m0/s1. The van der Waals surface area contributed by atoms with E-state index in [4.69, 9.17) is 4.74 Å². The second-order valence-corrected chi connectivity index (χ2v) is 8.61. The third-order valence-electron chi connectivity index (χ3n) is 4.85. The summed E-state index contributed by atoms with van der Waals surface area (Å²) in [6, 6.07) is 6.52. The molecular formula is C22H33N3O4. The van der Waals surface area contributed by atoms with Crippen LogP contribution in [-0.2, 0) is 9.59 Å². The van der Waals surface area contributed by atoms with Gasteiger partial charge in [0.2, 0.25) is 11.8 Å². The van der Waals surface area contributed by atoms with Crippen LogP contribution in [0.2, 0.25) is 0 Å². The summed E-state index contributed by atoms with van der Waals surface area (Å²) in [6.07, 6.45) is 2.62. The lowest BCUT2D eigenvalue weighted by molar-refractivity contribution is -0.139. The van der Waals surface area contributed by atoms with Crippen molar-refractivity contribution in [1.82, 2.24) is 15.5 Å². The quantitative estimate of drug-likeness (QED) is 0.652. The summed E-state index contributed by atoms with van der Waals surface area (Å²) in [4.78, 5) is 38.8. The molecular weight excluding hydrogens is 370 g/mol. The number of carbonyl (C=O) groups is 3. The van der Waals surface area contributed by atoms with Crippen LogP contribution in [0.15, 0.2) is 24.3 Å². The van der Waals surface area contributed by atoms with Gasteiger partial charge in [-0.05, 0) is 48.9 Å². The molecule has 0 spiro atoms. The monoisotopic (exact) mass is 403 g/mol. The first-order valence-electron chi connectivity index (χ1n) is 10.2. The van der Waals surface area contributed by atoms with Gasteiger partial charge < -0.3 is 20.3 Å². The molecule has 1 fully saturated rings. The van der Waals surface area contributed by atoms with Crippen LogP contribution in [0.1, 0.15) is 56.8 Å². The number of hydrogen-bond donors (Lipinski definition) is 2. The average Bonchev–Trinajstić information content (AvgIpc) is 3.16. The van der Waals surface area contributed by atoms with Gasteiger partial charge in [-0.3, -0.25) is 14.4 Å². The predicted octanol–water partition coefficient (Wildman–Crippen LogP) is 2.36. The Morgan fingerprint density at radius 2 is 1.76 bits per heavy atom. The van der Waals surface area contributed by atoms with E-state index >= 15 is 0 Å². The number of rotatable bonds is 8. The number of hydrogen-bond acceptors (Lipinski definition) is 4. The van der Waals surface area contributed by atoms with Crippen molar-refractivity contribution in [2.45, 2.75) is 52.5 Å². The molecule has 7 nitrogen and oxygen atoms in total. The summed E-state index contributed by atoms with van der Waals surface area (Å²) in [7, 11) is 1.58. The van der Waals surface area contributed by atoms with Crippen molar-refractivity contribution in [2.24, 2.45) is 5.41 Å². The van der Waals surface area contributed by atoms with Crippen LogP contribution in [0.5, 0.6) is 5.75 Å². The number of carbonyl (C=O) groups excluding carboxylic acids is 3. The van der Waals surface area contributed by atoms with Gasteiger partial charge in [0.25, 0.3) is 5.91 Å². The Morgan fingerprint density at radius 1 is 1.10 bits per heavy atom. The Labute approximate surface area is 173 Å². The summed E-state index contributed by atoms with van der Waals surface area (Å²) in [5.41, 5.74) is 0.469. The third-order valence-corrected chi connectivity index (χ3v) is 4.85. The minimum atomic E-state index is -0.376. The van der Waals surface area contributed by atoms with Crippen molar-refractivity contribution < 1.29 is 19.1 Å². The smallest absolute Gasteiger partial charge is 0.251 e. The Kier molecular flexibility index (Phi) is 8.05. The summed E-state index contributed by atoms with van der Waals surface area (Å²) in [6.45, 7) is 7.63. The Balaban J connectivity index is 1.70. The van der Waals surface area contributed by atoms with Crippen LogP contribution < -0.4 is 15.4 Å². The minimum absolute atomic E-state index is 0.0434. The van der Waals surface area contributed by atoms with Crippen molar-refractivity contribution in [1.29, 1.82) is 0 Å². The molecule has 0 aromatic heterocycles. The summed E-state index contributed by atoms with van der Waals surface area (Å²) < 4.78 is 5.08. The van der Waals surface area contributed by atoms with Crippen molar-refractivity contribution >= 4 is 17.7 Å². The van der Waals surface area contributed by atoms with Crippen molar-refractivity contribution in [3.05, 3.63) is 29.8 Å². The highest BCUT2D eigenvalue weighted by Crippen LogP contribution is 2.24. The van der Waals surface area contributed by atoms with Gasteiger partial charge in [-0.2, -0.15) is 0 Å². The molecule has 3 amide bonds. The molecule has 1 aromatic rings. The van der Waals surface area contributed by atoms with Gasteiger partial charge >= 0.3 is 0 Å². The first-order valence-corrected chi connectivity index (χ1v) is 10.2. The average molecular weight is 404 g/mol. The molecule has 0 radical (unpaired) electrons. The zero-order chi connectivity index (χ0) is 21.4. The molecule has 7 heteroatoms. The van der Waals surface area contributed by atoms with E-state index in [0.29, 0.717) is 50.2 Å². The molecule has 160 valence electrons. The van der Waals surface area contributed by atoms with Crippen LogP contribution in [0.3, 0.4) is 0 Å². The second-order valence-electron chi connectivity index (χ2n) is 8.61. The van der Waals surface area contributed by atoms with Crippen LogP contribution >= 0.6 is 0 Å². The summed E-state index contributed by atoms with van der Waals surface area (Å²) in [5, 5.41) is 5.74. The number of likely N-dealkylation sites (tertiary alicyclic amines) is 1. The zero-order valence-corrected chi connectivity index (χ0v) is 17.9. The van der Waals surface area contributed by atoms with E-state index in [9.17, 15) is 14.4 Å². The minimum Gasteiger partial charge on any atom is -0.497 e. The van der Waals surface area contributed by atoms with E-state index in [1.165, 1.54) is 0 Å². The third kappa shape index (κ3) is 7.07. The Hall–Kier alpha value is -2.57. The lowest BCUT2D eigenvalue weighted by Gasteiger charge is -2.27. The summed E-state index contributed by atoms with van der Waals surface area (Å²) >= 11 is 0. The topological polar surface area (TPSA) is 87.7 Å². The predicted molar refractivity (Wildman–Crippen MR) is 112 cm³/mol. The first kappa shape index (κ1) is 22.7. The fourth-order valence-corrected chi connectivity index (χ4v) is 3.36. The maximum absolute atomic E-state index is 12.5. The number of ether oxygens (including phenoxy) is 1. The SMILES string of the molecule is COc1ccc(C(=O)NCCCNC(=O)[C@@H]2CCCN2C(=O)CC(C)(C)C)cc1. The van der Waals surface area contributed by atoms with E-state index in [1.807, 2.05) is 20.8 Å². The van der Waals surface area contributed by atoms with E-state index in [-0.39, 0.29) is 29.2 Å².